The quantitative estimate of drug-likeness (QED) is 0.198. The summed E-state index contributed by atoms with van der Waals surface area (Å²) >= 11 is 5.97. The van der Waals surface area contributed by atoms with Gasteiger partial charge in [-0.05, 0) is 24.1 Å². The molecular weight excluding hydrogens is 546 g/mol. The molecule has 2 saturated heterocycles. The van der Waals surface area contributed by atoms with Crippen molar-refractivity contribution in [1.82, 2.24) is 34.5 Å². The number of amides is 1. The number of aliphatic hydroxyl groups is 3. The zero-order valence-electron chi connectivity index (χ0n) is 21.0. The molecule has 16 heteroatoms. The Morgan fingerprint density at radius 2 is 2.02 bits per heavy atom. The molecule has 3 aromatic heterocycles. The number of carbonyl (C=O) groups is 1. The van der Waals surface area contributed by atoms with Crippen LogP contribution < -0.4 is 10.2 Å². The number of fused-ring (bicyclic) bond motifs is 1. The molecule has 15 nitrogen and oxygen atoms in total. The van der Waals surface area contributed by atoms with Crippen molar-refractivity contribution in [2.45, 2.75) is 43.5 Å². The highest BCUT2D eigenvalue weighted by molar-refractivity contribution is 6.30. The number of aliphatic hydroxyl groups excluding tert-OH is 3. The van der Waals surface area contributed by atoms with Gasteiger partial charge in [-0.1, -0.05) is 28.9 Å². The molecule has 5 heterocycles. The maximum absolute atomic E-state index is 11.9. The lowest BCUT2D eigenvalue weighted by Gasteiger charge is -2.17. The summed E-state index contributed by atoms with van der Waals surface area (Å²) in [7, 11) is 0. The van der Waals surface area contributed by atoms with E-state index in [-0.39, 0.29) is 30.0 Å². The molecule has 0 unspecified atom stereocenters. The summed E-state index contributed by atoms with van der Waals surface area (Å²) in [5.41, 5.74) is 1.52. The fraction of sp³-hybridized carbons (Fsp3) is 0.417. The predicted molar refractivity (Wildman–Crippen MR) is 140 cm³/mol. The van der Waals surface area contributed by atoms with Crippen molar-refractivity contribution in [2.75, 3.05) is 30.0 Å². The van der Waals surface area contributed by atoms with Crippen molar-refractivity contribution >= 4 is 40.8 Å². The second kappa shape index (κ2) is 11.0. The van der Waals surface area contributed by atoms with Crippen LogP contribution in [-0.2, 0) is 20.8 Å². The van der Waals surface area contributed by atoms with E-state index in [1.165, 1.54) is 26.7 Å². The minimum absolute atomic E-state index is 0.0127. The summed E-state index contributed by atoms with van der Waals surface area (Å²) in [5, 5.41) is 42.6. The Labute approximate surface area is 231 Å². The van der Waals surface area contributed by atoms with Crippen LogP contribution in [0.4, 0.5) is 11.6 Å². The zero-order valence-corrected chi connectivity index (χ0v) is 21.7. The minimum Gasteiger partial charge on any atom is -0.394 e. The monoisotopic (exact) mass is 571 g/mol. The number of hydrogen-bond donors (Lipinski definition) is 4. The number of carbonyl (C=O) groups excluding carboxylic acids is 1. The van der Waals surface area contributed by atoms with Crippen molar-refractivity contribution < 1.29 is 29.6 Å². The lowest BCUT2D eigenvalue weighted by molar-refractivity contribution is -0.107. The lowest BCUT2D eigenvalue weighted by atomic mass is 10.1. The van der Waals surface area contributed by atoms with E-state index >= 15 is 0 Å². The van der Waals surface area contributed by atoms with Crippen LogP contribution in [-0.4, -0.2) is 100 Å². The predicted octanol–water partition coefficient (Wildman–Crippen LogP) is 0.0357. The first-order valence-electron chi connectivity index (χ1n) is 12.6. The Kier molecular flexibility index (Phi) is 7.31. The second-order valence-electron chi connectivity index (χ2n) is 9.51. The molecule has 5 atom stereocenters. The molecule has 210 valence electrons. The topological polar surface area (TPSA) is 186 Å². The Hall–Kier alpha value is -3.73. The summed E-state index contributed by atoms with van der Waals surface area (Å²) in [6, 6.07) is 7.08. The third kappa shape index (κ3) is 4.98. The molecule has 1 aromatic carbocycles. The number of halogens is 1. The number of hydrogen-bond acceptors (Lipinski definition) is 12. The first kappa shape index (κ1) is 26.5. The van der Waals surface area contributed by atoms with Crippen LogP contribution in [0.3, 0.4) is 0 Å². The molecule has 6 rings (SSSR count). The van der Waals surface area contributed by atoms with Crippen LogP contribution in [0.15, 0.2) is 36.8 Å². The van der Waals surface area contributed by atoms with Gasteiger partial charge in [-0.25, -0.2) is 4.98 Å². The van der Waals surface area contributed by atoms with Gasteiger partial charge in [-0.2, -0.15) is 14.6 Å². The summed E-state index contributed by atoms with van der Waals surface area (Å²) in [4.78, 5) is 26.9. The SMILES string of the molecule is O=CN(Cc1ccc(Cl)cc1)c1cn(-c2nc(N[C@@H]3CCOC3)c3ncn([C@@H]4O[C@H](CO)[C@@H](O)[C@H]4O)c3n2)nn1. The van der Waals surface area contributed by atoms with Crippen LogP contribution in [0.1, 0.15) is 18.2 Å². The average Bonchev–Trinajstić information content (AvgIpc) is 3.77. The third-order valence-corrected chi connectivity index (χ3v) is 7.10. The summed E-state index contributed by atoms with van der Waals surface area (Å²) in [6.45, 7) is 0.868. The number of benzene rings is 1. The van der Waals surface area contributed by atoms with Crippen LogP contribution in [0, 0.1) is 0 Å². The number of anilines is 2. The minimum atomic E-state index is -1.33. The lowest BCUT2D eigenvalue weighted by Crippen LogP contribution is -2.33. The number of ether oxygens (including phenoxy) is 2. The Morgan fingerprint density at radius 1 is 1.20 bits per heavy atom. The standard InChI is InChI=1S/C24H26ClN9O6/c25-14-3-1-13(2-4-14)7-32(12-36)17-8-34(31-30-17)24-28-21(27-15-5-6-39-10-15)18-22(29-24)33(11-26-18)23-20(38)19(37)16(9-35)40-23/h1-4,8,11-12,15-16,19-20,23,35,37-38H,5-7,9-10H2,(H,27,28,29)/t15-,16-,19-,20-,23-/m1/s1. The molecule has 0 saturated carbocycles. The van der Waals surface area contributed by atoms with Crippen molar-refractivity contribution in [3.63, 3.8) is 0 Å². The van der Waals surface area contributed by atoms with Gasteiger partial charge in [0, 0.05) is 11.6 Å². The Morgan fingerprint density at radius 3 is 2.73 bits per heavy atom. The summed E-state index contributed by atoms with van der Waals surface area (Å²) in [5.74, 6) is 0.772. The Bertz CT molecular complexity index is 1490. The van der Waals surface area contributed by atoms with Gasteiger partial charge in [-0.15, -0.1) is 5.10 Å². The highest BCUT2D eigenvalue weighted by Gasteiger charge is 2.44. The van der Waals surface area contributed by atoms with Crippen molar-refractivity contribution in [2.24, 2.45) is 0 Å². The number of aromatic nitrogens is 7. The largest absolute Gasteiger partial charge is 0.394 e. The van der Waals surface area contributed by atoms with Gasteiger partial charge >= 0.3 is 0 Å². The van der Waals surface area contributed by atoms with Crippen molar-refractivity contribution in [3.05, 3.63) is 47.4 Å². The van der Waals surface area contributed by atoms with Crippen molar-refractivity contribution in [3.8, 4) is 5.95 Å². The van der Waals surface area contributed by atoms with E-state index in [2.05, 4.69) is 30.6 Å². The number of rotatable bonds is 9. The van der Waals surface area contributed by atoms with E-state index in [1.807, 2.05) is 12.1 Å². The first-order valence-corrected chi connectivity index (χ1v) is 12.9. The maximum Gasteiger partial charge on any atom is 0.256 e. The van der Waals surface area contributed by atoms with Gasteiger partial charge in [-0.3, -0.25) is 14.3 Å². The molecule has 1 amide bonds. The number of nitrogens with one attached hydrogen (secondary N) is 1. The van der Waals surface area contributed by atoms with Gasteiger partial charge in [0.25, 0.3) is 5.95 Å². The van der Waals surface area contributed by atoms with E-state index < -0.39 is 31.1 Å². The molecule has 0 aliphatic carbocycles. The first-order chi connectivity index (χ1) is 19.4. The molecular formula is C24H26ClN9O6. The number of imidazole rings is 1. The Balaban J connectivity index is 1.37. The van der Waals surface area contributed by atoms with Crippen LogP contribution in [0.25, 0.3) is 17.1 Å². The fourth-order valence-electron chi connectivity index (χ4n) is 4.69. The molecule has 40 heavy (non-hydrogen) atoms. The molecule has 2 aliphatic heterocycles. The van der Waals surface area contributed by atoms with E-state index in [0.29, 0.717) is 36.0 Å². The van der Waals surface area contributed by atoms with Gasteiger partial charge in [0.2, 0.25) is 6.41 Å². The molecule has 2 fully saturated rings. The van der Waals surface area contributed by atoms with Crippen LogP contribution in [0.2, 0.25) is 5.02 Å². The van der Waals surface area contributed by atoms with Crippen LogP contribution >= 0.6 is 11.6 Å². The second-order valence-corrected chi connectivity index (χ2v) is 9.95. The molecule has 0 radical (unpaired) electrons. The van der Waals surface area contributed by atoms with Crippen LogP contribution in [0.5, 0.6) is 0 Å². The molecule has 4 N–H and O–H groups in total. The smallest absolute Gasteiger partial charge is 0.256 e. The summed E-state index contributed by atoms with van der Waals surface area (Å²) in [6.07, 6.45) is -0.304. The zero-order chi connectivity index (χ0) is 27.8. The molecule has 0 spiro atoms. The normalized spacial score (nSPS) is 24.6. The van der Waals surface area contributed by atoms with E-state index in [9.17, 15) is 20.1 Å². The van der Waals surface area contributed by atoms with Crippen molar-refractivity contribution in [1.29, 1.82) is 0 Å². The van der Waals surface area contributed by atoms with Gasteiger partial charge < -0.3 is 30.1 Å². The van der Waals surface area contributed by atoms with E-state index in [1.54, 1.807) is 12.1 Å². The maximum atomic E-state index is 11.9. The van der Waals surface area contributed by atoms with E-state index in [4.69, 9.17) is 21.1 Å². The highest BCUT2D eigenvalue weighted by atomic mass is 35.5. The highest BCUT2D eigenvalue weighted by Crippen LogP contribution is 2.33. The number of nitrogens with zero attached hydrogens (tertiary/aromatic N) is 8. The van der Waals surface area contributed by atoms with Gasteiger partial charge in [0.05, 0.1) is 38.3 Å². The van der Waals surface area contributed by atoms with Gasteiger partial charge in [0.1, 0.15) is 18.3 Å². The van der Waals surface area contributed by atoms with Gasteiger partial charge in [0.15, 0.2) is 29.0 Å². The molecule has 0 bridgehead atoms. The fourth-order valence-corrected chi connectivity index (χ4v) is 4.82. The molecule has 4 aromatic rings. The average molecular weight is 572 g/mol. The van der Waals surface area contributed by atoms with E-state index in [0.717, 1.165) is 12.0 Å². The molecule has 2 aliphatic rings. The summed E-state index contributed by atoms with van der Waals surface area (Å²) < 4.78 is 14.0. The third-order valence-electron chi connectivity index (χ3n) is 6.85.